The zero-order chi connectivity index (χ0) is 12.3. The molecule has 1 aromatic carbocycles. The molecule has 5 nitrogen and oxygen atoms in total. The Kier molecular flexibility index (Phi) is 3.51. The predicted octanol–water partition coefficient (Wildman–Crippen LogP) is 2.41. The van der Waals surface area contributed by atoms with Gasteiger partial charge in [0.2, 0.25) is 5.95 Å². The number of anilines is 1. The van der Waals surface area contributed by atoms with Gasteiger partial charge in [-0.2, -0.15) is 0 Å². The molecule has 0 spiro atoms. The molecule has 17 heavy (non-hydrogen) atoms. The van der Waals surface area contributed by atoms with E-state index < -0.39 is 0 Å². The van der Waals surface area contributed by atoms with E-state index in [0.717, 1.165) is 11.3 Å². The fourth-order valence-electron chi connectivity index (χ4n) is 1.48. The van der Waals surface area contributed by atoms with Crippen LogP contribution in [-0.2, 0) is 0 Å². The average molecular weight is 253 g/mol. The van der Waals surface area contributed by atoms with E-state index in [1.54, 1.807) is 6.20 Å². The highest BCUT2D eigenvalue weighted by Crippen LogP contribution is 2.29. The number of nitrogens with one attached hydrogen (secondary N) is 2. The van der Waals surface area contributed by atoms with Crippen LogP contribution in [-0.4, -0.2) is 16.6 Å². The number of imidazole rings is 1. The van der Waals surface area contributed by atoms with Crippen molar-refractivity contribution in [2.45, 2.75) is 6.92 Å². The molecular weight excluding hydrogens is 240 g/mol. The molecular formula is C11H13ClN4O. The van der Waals surface area contributed by atoms with Gasteiger partial charge in [0.1, 0.15) is 5.75 Å². The van der Waals surface area contributed by atoms with Gasteiger partial charge in [-0.05, 0) is 25.1 Å². The van der Waals surface area contributed by atoms with Gasteiger partial charge in [0.15, 0.2) is 0 Å². The highest BCUT2D eigenvalue weighted by molar-refractivity contribution is 6.32. The Hall–Kier alpha value is -1.72. The summed E-state index contributed by atoms with van der Waals surface area (Å²) in [7, 11) is 0. The number of rotatable bonds is 4. The molecule has 0 radical (unpaired) electrons. The normalized spacial score (nSPS) is 10.3. The Morgan fingerprint density at radius 1 is 1.53 bits per heavy atom. The van der Waals surface area contributed by atoms with E-state index in [2.05, 4.69) is 15.4 Å². The van der Waals surface area contributed by atoms with Crippen molar-refractivity contribution in [3.63, 3.8) is 0 Å². The number of nitrogen functional groups attached to an aromatic ring is 1. The number of ether oxygens (including phenoxy) is 1. The van der Waals surface area contributed by atoms with Crippen molar-refractivity contribution in [1.29, 1.82) is 0 Å². The highest BCUT2D eigenvalue weighted by Gasteiger charge is 2.06. The molecule has 0 aliphatic heterocycles. The van der Waals surface area contributed by atoms with Crippen LogP contribution in [0.15, 0.2) is 24.4 Å². The summed E-state index contributed by atoms with van der Waals surface area (Å²) >= 11 is 6.10. The second-order valence-corrected chi connectivity index (χ2v) is 3.78. The van der Waals surface area contributed by atoms with Crippen molar-refractivity contribution < 1.29 is 4.74 Å². The lowest BCUT2D eigenvalue weighted by Gasteiger charge is -2.06. The van der Waals surface area contributed by atoms with E-state index in [0.29, 0.717) is 23.3 Å². The predicted molar refractivity (Wildman–Crippen MR) is 68.0 cm³/mol. The van der Waals surface area contributed by atoms with Gasteiger partial charge in [0.25, 0.3) is 0 Å². The first-order chi connectivity index (χ1) is 8.24. The fourth-order valence-corrected chi connectivity index (χ4v) is 1.72. The summed E-state index contributed by atoms with van der Waals surface area (Å²) < 4.78 is 5.36. The first-order valence-electron chi connectivity index (χ1n) is 5.19. The van der Waals surface area contributed by atoms with Crippen LogP contribution in [0.2, 0.25) is 5.02 Å². The maximum atomic E-state index is 6.10. The molecule has 6 heteroatoms. The summed E-state index contributed by atoms with van der Waals surface area (Å²) in [5.74, 6) is 6.43. The lowest BCUT2D eigenvalue weighted by molar-refractivity contribution is 0.340. The van der Waals surface area contributed by atoms with Crippen molar-refractivity contribution in [2.24, 2.45) is 5.84 Å². The number of aromatic amines is 1. The number of hydrogen-bond acceptors (Lipinski definition) is 4. The van der Waals surface area contributed by atoms with Gasteiger partial charge in [-0.1, -0.05) is 11.6 Å². The van der Waals surface area contributed by atoms with Crippen molar-refractivity contribution in [2.75, 3.05) is 12.0 Å². The highest BCUT2D eigenvalue weighted by atomic mass is 35.5. The van der Waals surface area contributed by atoms with Gasteiger partial charge in [-0.15, -0.1) is 0 Å². The van der Waals surface area contributed by atoms with Crippen LogP contribution in [0.4, 0.5) is 5.95 Å². The molecule has 90 valence electrons. The Morgan fingerprint density at radius 3 is 2.94 bits per heavy atom. The van der Waals surface area contributed by atoms with Gasteiger partial charge in [0.05, 0.1) is 23.5 Å². The number of benzene rings is 1. The quantitative estimate of drug-likeness (QED) is 0.577. The van der Waals surface area contributed by atoms with Crippen LogP contribution in [0.25, 0.3) is 11.3 Å². The molecule has 0 saturated heterocycles. The van der Waals surface area contributed by atoms with Crippen molar-refractivity contribution in [3.05, 3.63) is 29.4 Å². The molecule has 4 N–H and O–H groups in total. The minimum Gasteiger partial charge on any atom is -0.492 e. The molecule has 0 amide bonds. The van der Waals surface area contributed by atoms with Gasteiger partial charge >= 0.3 is 0 Å². The molecule has 0 atom stereocenters. The van der Waals surface area contributed by atoms with Crippen molar-refractivity contribution in [3.8, 4) is 17.0 Å². The zero-order valence-electron chi connectivity index (χ0n) is 9.33. The van der Waals surface area contributed by atoms with E-state index in [9.17, 15) is 0 Å². The smallest absolute Gasteiger partial charge is 0.215 e. The molecule has 0 fully saturated rings. The summed E-state index contributed by atoms with van der Waals surface area (Å²) in [4.78, 5) is 7.04. The molecule has 0 aliphatic rings. The standard InChI is InChI=1S/C11H13ClN4O/c1-2-17-10-4-3-7(5-8(10)12)9-6-14-11(15-9)16-13/h3-6H,2,13H2,1H3,(H2,14,15,16). The Bertz CT molecular complexity index is 512. The number of hydrazine groups is 1. The van der Waals surface area contributed by atoms with E-state index in [1.807, 2.05) is 25.1 Å². The van der Waals surface area contributed by atoms with E-state index in [-0.39, 0.29) is 0 Å². The van der Waals surface area contributed by atoms with Gasteiger partial charge in [-0.3, -0.25) is 5.43 Å². The molecule has 2 rings (SSSR count). The van der Waals surface area contributed by atoms with Crippen LogP contribution in [0.3, 0.4) is 0 Å². The Morgan fingerprint density at radius 2 is 2.35 bits per heavy atom. The third-order valence-corrected chi connectivity index (χ3v) is 2.55. The topological polar surface area (TPSA) is 76.0 Å². The SMILES string of the molecule is CCOc1ccc(-c2cnc(NN)[nH]2)cc1Cl. The second kappa shape index (κ2) is 5.07. The van der Waals surface area contributed by atoms with E-state index in [1.165, 1.54) is 0 Å². The molecule has 0 unspecified atom stereocenters. The lowest BCUT2D eigenvalue weighted by Crippen LogP contribution is -2.07. The summed E-state index contributed by atoms with van der Waals surface area (Å²) in [5.41, 5.74) is 4.20. The molecule has 2 aromatic rings. The number of hydrogen-bond donors (Lipinski definition) is 3. The average Bonchev–Trinajstić information content (AvgIpc) is 2.80. The minimum absolute atomic E-state index is 0.505. The first kappa shape index (κ1) is 11.8. The summed E-state index contributed by atoms with van der Waals surface area (Å²) in [5, 5.41) is 0.571. The Labute approximate surface area is 104 Å². The van der Waals surface area contributed by atoms with Gasteiger partial charge in [-0.25, -0.2) is 10.8 Å². The molecule has 0 bridgehead atoms. The minimum atomic E-state index is 0.505. The lowest BCUT2D eigenvalue weighted by atomic mass is 10.1. The van der Waals surface area contributed by atoms with E-state index >= 15 is 0 Å². The van der Waals surface area contributed by atoms with Crippen molar-refractivity contribution in [1.82, 2.24) is 9.97 Å². The van der Waals surface area contributed by atoms with Crippen molar-refractivity contribution >= 4 is 17.5 Å². The maximum Gasteiger partial charge on any atom is 0.215 e. The Balaban J connectivity index is 2.30. The molecule has 0 aliphatic carbocycles. The maximum absolute atomic E-state index is 6.10. The number of nitrogens with two attached hydrogens (primary N) is 1. The third kappa shape index (κ3) is 2.51. The third-order valence-electron chi connectivity index (χ3n) is 2.26. The summed E-state index contributed by atoms with van der Waals surface area (Å²) in [6, 6.07) is 5.56. The van der Waals surface area contributed by atoms with Crippen LogP contribution >= 0.6 is 11.6 Å². The van der Waals surface area contributed by atoms with Crippen LogP contribution in [0, 0.1) is 0 Å². The number of H-pyrrole nitrogens is 1. The van der Waals surface area contributed by atoms with Crippen LogP contribution < -0.4 is 16.0 Å². The zero-order valence-corrected chi connectivity index (χ0v) is 10.1. The monoisotopic (exact) mass is 252 g/mol. The summed E-state index contributed by atoms with van der Waals surface area (Å²) in [6.45, 7) is 2.50. The summed E-state index contributed by atoms with van der Waals surface area (Å²) in [6.07, 6.45) is 1.68. The van der Waals surface area contributed by atoms with Crippen LogP contribution in [0.5, 0.6) is 5.75 Å². The number of halogens is 1. The number of aromatic nitrogens is 2. The molecule has 1 aromatic heterocycles. The largest absolute Gasteiger partial charge is 0.492 e. The van der Waals surface area contributed by atoms with E-state index in [4.69, 9.17) is 22.2 Å². The molecule has 1 heterocycles. The second-order valence-electron chi connectivity index (χ2n) is 3.37. The number of nitrogens with zero attached hydrogens (tertiary/aromatic N) is 1. The fraction of sp³-hybridized carbons (Fsp3) is 0.182. The molecule has 0 saturated carbocycles. The van der Waals surface area contributed by atoms with Gasteiger partial charge in [0, 0.05) is 5.56 Å². The van der Waals surface area contributed by atoms with Gasteiger partial charge < -0.3 is 9.72 Å². The first-order valence-corrected chi connectivity index (χ1v) is 5.56. The van der Waals surface area contributed by atoms with Crippen LogP contribution in [0.1, 0.15) is 6.92 Å².